The minimum absolute atomic E-state index is 0.183. The number of hydrogen-bond acceptors (Lipinski definition) is 5. The molecule has 0 aliphatic carbocycles. The largest absolute Gasteiger partial charge is 0.494 e. The second-order valence-electron chi connectivity index (χ2n) is 6.38. The smallest absolute Gasteiger partial charge is 0.255 e. The van der Waals surface area contributed by atoms with Crippen molar-refractivity contribution in [1.82, 2.24) is 0 Å². The number of fused-ring (bicyclic) bond motifs is 1. The summed E-state index contributed by atoms with van der Waals surface area (Å²) in [6.07, 6.45) is 0. The van der Waals surface area contributed by atoms with E-state index in [4.69, 9.17) is 14.2 Å². The molecular weight excluding hydrogens is 386 g/mol. The Morgan fingerprint density at radius 2 is 1.86 bits per heavy atom. The van der Waals surface area contributed by atoms with Crippen LogP contribution in [0.25, 0.3) is 0 Å². The molecule has 0 atom stereocenters. The molecule has 4 rings (SSSR count). The van der Waals surface area contributed by atoms with Crippen molar-refractivity contribution >= 4 is 23.4 Å². The Bertz CT molecular complexity index is 1010. The summed E-state index contributed by atoms with van der Waals surface area (Å²) < 4.78 is 16.4. The molecule has 1 aliphatic rings. The average molecular weight is 407 g/mol. The van der Waals surface area contributed by atoms with E-state index in [9.17, 15) is 4.79 Å². The maximum atomic E-state index is 12.8. The molecule has 0 unspecified atom stereocenters. The lowest BCUT2D eigenvalue weighted by Crippen LogP contribution is -2.12. The maximum Gasteiger partial charge on any atom is 0.255 e. The lowest BCUT2D eigenvalue weighted by Gasteiger charge is -2.13. The van der Waals surface area contributed by atoms with Gasteiger partial charge in [0, 0.05) is 33.5 Å². The predicted molar refractivity (Wildman–Crippen MR) is 114 cm³/mol. The van der Waals surface area contributed by atoms with Crippen LogP contribution in [0, 0.1) is 0 Å². The van der Waals surface area contributed by atoms with Crippen LogP contribution in [0.15, 0.2) is 71.6 Å². The van der Waals surface area contributed by atoms with Gasteiger partial charge in [-0.15, -0.1) is 11.8 Å². The minimum atomic E-state index is -0.183. The van der Waals surface area contributed by atoms with Crippen LogP contribution in [0.3, 0.4) is 0 Å². The fraction of sp³-hybridized carbons (Fsp3) is 0.174. The molecule has 0 aromatic heterocycles. The van der Waals surface area contributed by atoms with Crippen molar-refractivity contribution in [2.24, 2.45) is 0 Å². The molecule has 3 aromatic carbocycles. The highest BCUT2D eigenvalue weighted by atomic mass is 32.2. The quantitative estimate of drug-likeness (QED) is 0.535. The van der Waals surface area contributed by atoms with E-state index < -0.39 is 0 Å². The van der Waals surface area contributed by atoms with E-state index in [1.807, 2.05) is 37.3 Å². The van der Waals surface area contributed by atoms with Crippen LogP contribution in [-0.2, 0) is 5.75 Å². The Morgan fingerprint density at radius 3 is 2.69 bits per heavy atom. The molecule has 29 heavy (non-hydrogen) atoms. The van der Waals surface area contributed by atoms with E-state index in [1.165, 1.54) is 4.90 Å². The zero-order valence-corrected chi connectivity index (χ0v) is 16.8. The van der Waals surface area contributed by atoms with Gasteiger partial charge in [-0.1, -0.05) is 18.2 Å². The Labute approximate surface area is 174 Å². The zero-order chi connectivity index (χ0) is 20.1. The minimum Gasteiger partial charge on any atom is -0.494 e. The maximum absolute atomic E-state index is 12.8. The number of amides is 1. The van der Waals surface area contributed by atoms with Gasteiger partial charge in [0.1, 0.15) is 5.75 Å². The SMILES string of the molecule is CCOc1ccc(C(=O)Nc2ccc3c(c2)OCO3)cc1CSc1ccccc1. The van der Waals surface area contributed by atoms with Crippen LogP contribution in [0.2, 0.25) is 0 Å². The van der Waals surface area contributed by atoms with Crippen LogP contribution in [0.5, 0.6) is 17.2 Å². The first-order chi connectivity index (χ1) is 14.2. The summed E-state index contributed by atoms with van der Waals surface area (Å²) in [5.74, 6) is 2.65. The van der Waals surface area contributed by atoms with Crippen LogP contribution in [0.1, 0.15) is 22.8 Å². The van der Waals surface area contributed by atoms with Gasteiger partial charge in [-0.3, -0.25) is 4.79 Å². The molecule has 1 N–H and O–H groups in total. The third-order valence-corrected chi connectivity index (χ3v) is 5.45. The van der Waals surface area contributed by atoms with Crippen LogP contribution in [-0.4, -0.2) is 19.3 Å². The summed E-state index contributed by atoms with van der Waals surface area (Å²) in [7, 11) is 0. The van der Waals surface area contributed by atoms with Gasteiger partial charge in [-0.05, 0) is 49.4 Å². The number of hydrogen-bond donors (Lipinski definition) is 1. The molecule has 0 bridgehead atoms. The Hall–Kier alpha value is -3.12. The standard InChI is InChI=1S/C23H21NO4S/c1-2-26-20-10-8-16(12-17(20)14-29-19-6-4-3-5-7-19)23(25)24-18-9-11-21-22(13-18)28-15-27-21/h3-13H,2,14-15H2,1H3,(H,24,25). The monoisotopic (exact) mass is 407 g/mol. The van der Waals surface area contributed by atoms with E-state index in [-0.39, 0.29) is 12.7 Å². The third kappa shape index (κ3) is 4.66. The Morgan fingerprint density at radius 1 is 1.03 bits per heavy atom. The highest BCUT2D eigenvalue weighted by Gasteiger charge is 2.16. The van der Waals surface area contributed by atoms with Gasteiger partial charge in [0.05, 0.1) is 6.61 Å². The molecule has 0 fully saturated rings. The third-order valence-electron chi connectivity index (χ3n) is 4.39. The highest BCUT2D eigenvalue weighted by Crippen LogP contribution is 2.34. The molecule has 0 saturated heterocycles. The summed E-state index contributed by atoms with van der Waals surface area (Å²) in [4.78, 5) is 14.0. The summed E-state index contributed by atoms with van der Waals surface area (Å²) in [6.45, 7) is 2.73. The van der Waals surface area contributed by atoms with Gasteiger partial charge >= 0.3 is 0 Å². The average Bonchev–Trinajstić information content (AvgIpc) is 3.22. The molecule has 0 spiro atoms. The first-order valence-corrected chi connectivity index (χ1v) is 10.4. The van der Waals surface area contributed by atoms with E-state index in [0.29, 0.717) is 35.1 Å². The second-order valence-corrected chi connectivity index (χ2v) is 7.43. The molecule has 3 aromatic rings. The van der Waals surface area contributed by atoms with Gasteiger partial charge in [0.2, 0.25) is 6.79 Å². The number of carbonyl (C=O) groups is 1. The fourth-order valence-corrected chi connectivity index (χ4v) is 3.88. The summed E-state index contributed by atoms with van der Waals surface area (Å²) >= 11 is 1.71. The first kappa shape index (κ1) is 19.2. The van der Waals surface area contributed by atoms with Gasteiger partial charge in [-0.25, -0.2) is 0 Å². The topological polar surface area (TPSA) is 56.8 Å². The lowest BCUT2D eigenvalue weighted by molar-refractivity contribution is 0.102. The Kier molecular flexibility index (Phi) is 5.91. The van der Waals surface area contributed by atoms with Crippen molar-refractivity contribution in [1.29, 1.82) is 0 Å². The zero-order valence-electron chi connectivity index (χ0n) is 16.0. The van der Waals surface area contributed by atoms with Gasteiger partial charge < -0.3 is 19.5 Å². The molecule has 6 heteroatoms. The number of ether oxygens (including phenoxy) is 3. The van der Waals surface area contributed by atoms with E-state index in [0.717, 1.165) is 11.3 Å². The number of carbonyl (C=O) groups excluding carboxylic acids is 1. The summed E-state index contributed by atoms with van der Waals surface area (Å²) in [5, 5.41) is 2.92. The molecule has 1 amide bonds. The molecule has 1 aliphatic heterocycles. The van der Waals surface area contributed by atoms with Crippen molar-refractivity contribution in [3.05, 3.63) is 77.9 Å². The van der Waals surface area contributed by atoms with E-state index >= 15 is 0 Å². The van der Waals surface area contributed by atoms with Gasteiger partial charge in [-0.2, -0.15) is 0 Å². The predicted octanol–water partition coefficient (Wildman–Crippen LogP) is 5.36. The molecule has 148 valence electrons. The highest BCUT2D eigenvalue weighted by molar-refractivity contribution is 7.98. The van der Waals surface area contributed by atoms with Crippen molar-refractivity contribution in [2.75, 3.05) is 18.7 Å². The van der Waals surface area contributed by atoms with Gasteiger partial charge in [0.25, 0.3) is 5.91 Å². The van der Waals surface area contributed by atoms with E-state index in [1.54, 1.807) is 36.0 Å². The Balaban J connectivity index is 1.51. The van der Waals surface area contributed by atoms with Crippen molar-refractivity contribution in [3.8, 4) is 17.2 Å². The van der Waals surface area contributed by atoms with E-state index in [2.05, 4.69) is 17.4 Å². The molecular formula is C23H21NO4S. The molecule has 5 nitrogen and oxygen atoms in total. The fourth-order valence-electron chi connectivity index (χ4n) is 2.99. The van der Waals surface area contributed by atoms with Crippen molar-refractivity contribution < 1.29 is 19.0 Å². The number of anilines is 1. The van der Waals surface area contributed by atoms with Crippen LogP contribution < -0.4 is 19.5 Å². The van der Waals surface area contributed by atoms with Gasteiger partial charge in [0.15, 0.2) is 11.5 Å². The number of rotatable bonds is 7. The molecule has 1 heterocycles. The second kappa shape index (κ2) is 8.92. The molecule has 0 saturated carbocycles. The molecule has 0 radical (unpaired) electrons. The lowest BCUT2D eigenvalue weighted by atomic mass is 10.1. The van der Waals surface area contributed by atoms with Crippen molar-refractivity contribution in [2.45, 2.75) is 17.6 Å². The first-order valence-electron chi connectivity index (χ1n) is 9.37. The van der Waals surface area contributed by atoms with Crippen LogP contribution in [0.4, 0.5) is 5.69 Å². The number of thioether (sulfide) groups is 1. The number of benzene rings is 3. The normalized spacial score (nSPS) is 11.9. The van der Waals surface area contributed by atoms with Crippen LogP contribution >= 0.6 is 11.8 Å². The van der Waals surface area contributed by atoms with Crippen molar-refractivity contribution in [3.63, 3.8) is 0 Å². The number of nitrogens with one attached hydrogen (secondary N) is 1. The summed E-state index contributed by atoms with van der Waals surface area (Å²) in [5.41, 5.74) is 2.22. The summed E-state index contributed by atoms with van der Waals surface area (Å²) in [6, 6.07) is 21.1.